The first kappa shape index (κ1) is 17.4. The zero-order valence-corrected chi connectivity index (χ0v) is 15.6. The number of hydrogen-bond acceptors (Lipinski definition) is 3. The molecule has 0 heterocycles. The van der Waals surface area contributed by atoms with Gasteiger partial charge in [0.2, 0.25) is 0 Å². The minimum absolute atomic E-state index is 0.112. The van der Waals surface area contributed by atoms with E-state index in [1.807, 2.05) is 18.2 Å². The zero-order chi connectivity index (χ0) is 18.3. The lowest BCUT2D eigenvalue weighted by Gasteiger charge is -2.05. The van der Waals surface area contributed by atoms with Crippen molar-refractivity contribution >= 4 is 33.6 Å². The predicted molar refractivity (Wildman–Crippen MR) is 102 cm³/mol. The normalized spacial score (nSPS) is 19.7. The molecule has 6 heteroatoms. The molecule has 1 amide bonds. The maximum atomic E-state index is 12.3. The van der Waals surface area contributed by atoms with Crippen molar-refractivity contribution in [3.05, 3.63) is 64.2 Å². The molecule has 0 aliphatic heterocycles. The third kappa shape index (κ3) is 3.33. The molecule has 1 fully saturated rings. The van der Waals surface area contributed by atoms with E-state index in [4.69, 9.17) is 11.6 Å². The Balaban J connectivity index is 1.48. The second kappa shape index (κ2) is 6.63. The summed E-state index contributed by atoms with van der Waals surface area (Å²) in [6, 6.07) is 11.9. The highest BCUT2D eigenvalue weighted by molar-refractivity contribution is 7.92. The van der Waals surface area contributed by atoms with Crippen LogP contribution in [0.4, 0.5) is 0 Å². The van der Waals surface area contributed by atoms with Crippen LogP contribution in [-0.2, 0) is 16.3 Å². The van der Waals surface area contributed by atoms with Crippen LogP contribution in [0.2, 0.25) is 5.02 Å². The van der Waals surface area contributed by atoms with Gasteiger partial charge >= 0.3 is 0 Å². The Morgan fingerprint density at radius 3 is 2.50 bits per heavy atom. The summed E-state index contributed by atoms with van der Waals surface area (Å²) < 4.78 is 24.4. The molecule has 2 aliphatic carbocycles. The first-order valence-corrected chi connectivity index (χ1v) is 10.6. The Labute approximate surface area is 157 Å². The fraction of sp³-hybridized carbons (Fsp3) is 0.300. The number of nitrogens with zero attached hydrogens (tertiary/aromatic N) is 1. The molecule has 134 valence electrons. The van der Waals surface area contributed by atoms with Crippen LogP contribution in [-0.4, -0.2) is 25.8 Å². The van der Waals surface area contributed by atoms with Crippen LogP contribution in [0.5, 0.6) is 0 Å². The van der Waals surface area contributed by atoms with Crippen molar-refractivity contribution in [3.63, 3.8) is 0 Å². The monoisotopic (exact) mass is 387 g/mol. The Morgan fingerprint density at radius 1 is 1.08 bits per heavy atom. The van der Waals surface area contributed by atoms with Gasteiger partial charge in [0.05, 0.1) is 10.1 Å². The van der Waals surface area contributed by atoms with E-state index in [2.05, 4.69) is 4.99 Å². The van der Waals surface area contributed by atoms with Crippen molar-refractivity contribution in [3.8, 4) is 0 Å². The van der Waals surface area contributed by atoms with Crippen molar-refractivity contribution < 1.29 is 13.2 Å². The molecule has 26 heavy (non-hydrogen) atoms. The summed E-state index contributed by atoms with van der Waals surface area (Å²) in [5.41, 5.74) is 2.76. The van der Waals surface area contributed by atoms with Crippen LogP contribution >= 0.6 is 11.6 Å². The summed E-state index contributed by atoms with van der Waals surface area (Å²) in [6.45, 7) is 0. The highest BCUT2D eigenvalue weighted by atomic mass is 35.5. The number of benzene rings is 2. The lowest BCUT2D eigenvalue weighted by molar-refractivity contribution is 0.100. The number of halogens is 1. The van der Waals surface area contributed by atoms with Crippen LogP contribution in [0.3, 0.4) is 0 Å². The van der Waals surface area contributed by atoms with Gasteiger partial charge in [0.1, 0.15) is 0 Å². The number of amides is 1. The molecule has 4 nitrogen and oxygen atoms in total. The molecular weight excluding hydrogens is 370 g/mol. The van der Waals surface area contributed by atoms with E-state index in [1.54, 1.807) is 6.21 Å². The van der Waals surface area contributed by atoms with Crippen molar-refractivity contribution in [1.29, 1.82) is 0 Å². The summed E-state index contributed by atoms with van der Waals surface area (Å²) >= 11 is 6.02. The zero-order valence-electron chi connectivity index (χ0n) is 14.1. The average molecular weight is 388 g/mol. The lowest BCUT2D eigenvalue weighted by atomic mass is 10.0. The number of rotatable bonds is 4. The number of fused-ring (bicyclic) bond motifs is 1. The molecule has 0 aromatic heterocycles. The third-order valence-corrected chi connectivity index (χ3v) is 7.51. The lowest BCUT2D eigenvalue weighted by Crippen LogP contribution is -2.07. The molecule has 0 saturated heterocycles. The van der Waals surface area contributed by atoms with Crippen molar-refractivity contribution in [2.75, 3.05) is 0 Å². The number of hydrogen-bond donors (Lipinski definition) is 0. The quantitative estimate of drug-likeness (QED) is 0.738. The van der Waals surface area contributed by atoms with Gasteiger partial charge in [-0.15, -0.1) is 0 Å². The van der Waals surface area contributed by atoms with Crippen LogP contribution < -0.4 is 0 Å². The summed E-state index contributed by atoms with van der Waals surface area (Å²) in [7, 11) is -3.23. The average Bonchev–Trinajstić information content (AvgIpc) is 3.42. The fourth-order valence-corrected chi connectivity index (χ4v) is 5.22. The van der Waals surface area contributed by atoms with E-state index in [0.717, 1.165) is 36.3 Å². The van der Waals surface area contributed by atoms with Gasteiger partial charge < -0.3 is 0 Å². The van der Waals surface area contributed by atoms with E-state index < -0.39 is 9.84 Å². The van der Waals surface area contributed by atoms with Crippen LogP contribution in [0.15, 0.2) is 52.4 Å². The minimum atomic E-state index is -3.23. The first-order chi connectivity index (χ1) is 12.4. The topological polar surface area (TPSA) is 63.6 Å². The maximum absolute atomic E-state index is 12.3. The predicted octanol–water partition coefficient (Wildman–Crippen LogP) is 4.22. The second-order valence-corrected chi connectivity index (χ2v) is 9.50. The van der Waals surface area contributed by atoms with E-state index in [-0.39, 0.29) is 22.0 Å². The Kier molecular flexibility index (Phi) is 4.45. The number of carbonyl (C=O) groups is 1. The largest absolute Gasteiger partial charge is 0.276 e. The molecule has 2 aromatic carbocycles. The molecule has 0 N–H and O–H groups in total. The third-order valence-electron chi connectivity index (χ3n) is 4.99. The summed E-state index contributed by atoms with van der Waals surface area (Å²) in [5, 5.41) is 0.469. The standard InChI is InChI=1S/C20H18ClNO3S/c21-16-5-10-19-14(11-16)1-2-15(19)12-22-20(23)13-3-6-17(7-4-13)26(24,25)18-8-9-18/h3-7,10-12,15,18H,1-2,8-9H2. The SMILES string of the molecule is O=C(N=CC1CCc2cc(Cl)ccc21)c1ccc(S(=O)(=O)C2CC2)cc1. The smallest absolute Gasteiger partial charge is 0.267 e. The maximum Gasteiger partial charge on any atom is 0.276 e. The second-order valence-electron chi connectivity index (χ2n) is 6.84. The molecule has 0 bridgehead atoms. The van der Waals surface area contributed by atoms with E-state index in [9.17, 15) is 13.2 Å². The minimum Gasteiger partial charge on any atom is -0.267 e. The Bertz CT molecular complexity index is 992. The molecule has 2 aromatic rings. The van der Waals surface area contributed by atoms with Gasteiger partial charge in [-0.1, -0.05) is 17.7 Å². The van der Waals surface area contributed by atoms with Crippen molar-refractivity contribution in [2.24, 2.45) is 4.99 Å². The van der Waals surface area contributed by atoms with E-state index in [0.29, 0.717) is 5.56 Å². The summed E-state index contributed by atoms with van der Waals surface area (Å²) in [4.78, 5) is 16.7. The number of sulfone groups is 1. The van der Waals surface area contributed by atoms with E-state index >= 15 is 0 Å². The van der Waals surface area contributed by atoms with Gasteiger partial charge in [-0.3, -0.25) is 4.79 Å². The van der Waals surface area contributed by atoms with Crippen LogP contribution in [0, 0.1) is 0 Å². The van der Waals surface area contributed by atoms with Gasteiger partial charge in [0.25, 0.3) is 5.91 Å². The van der Waals surface area contributed by atoms with Crippen LogP contribution in [0.1, 0.15) is 46.7 Å². The number of carbonyl (C=O) groups excluding carboxylic acids is 1. The van der Waals surface area contributed by atoms with E-state index in [1.165, 1.54) is 29.8 Å². The summed E-state index contributed by atoms with van der Waals surface area (Å²) in [6.07, 6.45) is 4.97. The molecule has 0 radical (unpaired) electrons. The molecule has 1 saturated carbocycles. The molecule has 2 aliphatic rings. The van der Waals surface area contributed by atoms with Crippen molar-refractivity contribution in [1.82, 2.24) is 0 Å². The van der Waals surface area contributed by atoms with Gasteiger partial charge in [0, 0.05) is 22.7 Å². The van der Waals surface area contributed by atoms with Crippen LogP contribution in [0.25, 0.3) is 0 Å². The number of aliphatic imine (C=N–C) groups is 1. The first-order valence-electron chi connectivity index (χ1n) is 8.66. The highest BCUT2D eigenvalue weighted by Gasteiger charge is 2.36. The summed E-state index contributed by atoms with van der Waals surface area (Å²) in [5.74, 6) is -0.247. The van der Waals surface area contributed by atoms with Gasteiger partial charge in [-0.2, -0.15) is 0 Å². The molecule has 1 unspecified atom stereocenters. The van der Waals surface area contributed by atoms with Gasteiger partial charge in [-0.05, 0) is 73.2 Å². The van der Waals surface area contributed by atoms with Gasteiger partial charge in [0.15, 0.2) is 9.84 Å². The van der Waals surface area contributed by atoms with Gasteiger partial charge in [-0.25, -0.2) is 13.4 Å². The fourth-order valence-electron chi connectivity index (χ4n) is 3.36. The molecular formula is C20H18ClNO3S. The molecule has 1 atom stereocenters. The Hall–Kier alpha value is -1.98. The number of aryl methyl sites for hydroxylation is 1. The molecule has 0 spiro atoms. The highest BCUT2D eigenvalue weighted by Crippen LogP contribution is 2.34. The molecule has 4 rings (SSSR count). The Morgan fingerprint density at radius 2 is 1.81 bits per heavy atom. The van der Waals surface area contributed by atoms with Crippen molar-refractivity contribution in [2.45, 2.75) is 41.7 Å².